The van der Waals surface area contributed by atoms with Gasteiger partial charge in [0.2, 0.25) is 17.8 Å². The maximum Gasteiger partial charge on any atom is 0.223 e. The van der Waals surface area contributed by atoms with Crippen molar-refractivity contribution in [1.29, 1.82) is 5.41 Å². The second-order valence-electron chi connectivity index (χ2n) is 5.69. The number of nitrogens with one attached hydrogen (secondary N) is 3. The number of carbonyl (C=O) groups excluding carboxylic acids is 2. The lowest BCUT2D eigenvalue weighted by Crippen LogP contribution is -2.41. The summed E-state index contributed by atoms with van der Waals surface area (Å²) in [5, 5.41) is 11.1. The molecule has 0 radical (unpaired) electrons. The molecule has 0 aliphatic rings. The third-order valence-corrected chi connectivity index (χ3v) is 4.11. The maximum atomic E-state index is 10.2. The van der Waals surface area contributed by atoms with Crippen molar-refractivity contribution in [2.75, 3.05) is 0 Å². The Morgan fingerprint density at radius 3 is 1.35 bits per heavy atom. The highest BCUT2D eigenvalue weighted by Gasteiger charge is 2.09. The molecule has 0 atom stereocenters. The first-order valence-electron chi connectivity index (χ1n) is 7.72. The number of hydrogen-bond donors (Lipinski definition) is 3. The number of carbonyl (C=O) groups is 2. The molecule has 0 saturated heterocycles. The van der Waals surface area contributed by atoms with E-state index >= 15 is 0 Å². The van der Waals surface area contributed by atoms with Crippen molar-refractivity contribution >= 4 is 17.8 Å². The minimum atomic E-state index is -0.376. The number of rotatable bonds is 1. The van der Waals surface area contributed by atoms with Gasteiger partial charge in [0.1, 0.15) is 0 Å². The molecule has 5 heteroatoms. The van der Waals surface area contributed by atoms with Crippen molar-refractivity contribution < 1.29 is 9.59 Å². The van der Waals surface area contributed by atoms with E-state index in [1.165, 1.54) is 41.7 Å². The fraction of sp³-hybridized carbons (Fsp3) is 0.500. The van der Waals surface area contributed by atoms with Gasteiger partial charge in [0.15, 0.2) is 0 Å². The Bertz CT molecular complexity index is 572. The van der Waals surface area contributed by atoms with Crippen molar-refractivity contribution in [2.45, 2.75) is 61.8 Å². The number of amides is 2. The summed E-state index contributed by atoms with van der Waals surface area (Å²) in [4.78, 5) is 20.5. The normalized spacial score (nSPS) is 9.57. The van der Waals surface area contributed by atoms with Crippen LogP contribution in [0.4, 0.5) is 0 Å². The van der Waals surface area contributed by atoms with E-state index in [4.69, 9.17) is 5.41 Å². The van der Waals surface area contributed by atoms with Gasteiger partial charge in [0.25, 0.3) is 0 Å². The minimum Gasteiger partial charge on any atom is -0.297 e. The largest absolute Gasteiger partial charge is 0.297 e. The Morgan fingerprint density at radius 1 is 0.783 bits per heavy atom. The van der Waals surface area contributed by atoms with Crippen LogP contribution >= 0.6 is 0 Å². The summed E-state index contributed by atoms with van der Waals surface area (Å²) in [6.07, 6.45) is 1.15. The van der Waals surface area contributed by atoms with Gasteiger partial charge < -0.3 is 0 Å². The first-order chi connectivity index (χ1) is 10.5. The van der Waals surface area contributed by atoms with Crippen LogP contribution in [0.2, 0.25) is 0 Å². The first kappa shape index (κ1) is 20.8. The summed E-state index contributed by atoms with van der Waals surface area (Å²) >= 11 is 0. The predicted octanol–water partition coefficient (Wildman–Crippen LogP) is 2.98. The molecule has 23 heavy (non-hydrogen) atoms. The molecule has 3 N–H and O–H groups in total. The topological polar surface area (TPSA) is 82.1 Å². The molecule has 0 aliphatic heterocycles. The van der Waals surface area contributed by atoms with Crippen LogP contribution in [-0.4, -0.2) is 17.8 Å². The van der Waals surface area contributed by atoms with Crippen LogP contribution in [0.5, 0.6) is 0 Å². The summed E-state index contributed by atoms with van der Waals surface area (Å²) in [6.45, 7) is 15.9. The lowest BCUT2D eigenvalue weighted by molar-refractivity contribution is -0.118. The standard InChI is InChI=1S/C13H20.C5H9N3O2/c1-7-13-11(5)9(3)8(2)10(4)12(13)6;1-3(9)7-5(6)8-4(2)10/h7H2,1-6H3;1-2H3,(H3,6,7,8,9,10). The summed E-state index contributed by atoms with van der Waals surface area (Å²) < 4.78 is 0. The molecule has 0 saturated carbocycles. The molecule has 128 valence electrons. The van der Waals surface area contributed by atoms with E-state index in [0.717, 1.165) is 6.42 Å². The molecule has 2 amide bonds. The molecular formula is C18H29N3O2. The van der Waals surface area contributed by atoms with Crippen molar-refractivity contribution in [1.82, 2.24) is 10.6 Å². The molecule has 0 spiro atoms. The van der Waals surface area contributed by atoms with Gasteiger partial charge in [-0.1, -0.05) is 6.92 Å². The third kappa shape index (κ3) is 6.22. The fourth-order valence-corrected chi connectivity index (χ4v) is 2.49. The maximum absolute atomic E-state index is 10.2. The van der Waals surface area contributed by atoms with E-state index in [2.05, 4.69) is 52.2 Å². The van der Waals surface area contributed by atoms with Gasteiger partial charge in [-0.2, -0.15) is 0 Å². The molecule has 1 aromatic carbocycles. The smallest absolute Gasteiger partial charge is 0.223 e. The van der Waals surface area contributed by atoms with Crippen LogP contribution in [0.1, 0.15) is 54.2 Å². The monoisotopic (exact) mass is 319 g/mol. The highest BCUT2D eigenvalue weighted by Crippen LogP contribution is 2.25. The van der Waals surface area contributed by atoms with Crippen LogP contribution in [0, 0.1) is 40.0 Å². The van der Waals surface area contributed by atoms with Crippen LogP contribution in [0.25, 0.3) is 0 Å². The number of benzene rings is 1. The van der Waals surface area contributed by atoms with E-state index in [1.54, 1.807) is 5.56 Å². The second kappa shape index (κ2) is 9.08. The Labute approximate surface area is 139 Å². The van der Waals surface area contributed by atoms with Gasteiger partial charge in [-0.3, -0.25) is 25.6 Å². The molecule has 1 aromatic rings. The van der Waals surface area contributed by atoms with Crippen LogP contribution in [0.3, 0.4) is 0 Å². The van der Waals surface area contributed by atoms with Gasteiger partial charge >= 0.3 is 0 Å². The summed E-state index contributed by atoms with van der Waals surface area (Å²) in [5.74, 6) is -1.04. The van der Waals surface area contributed by atoms with E-state index in [9.17, 15) is 9.59 Å². The lowest BCUT2D eigenvalue weighted by atomic mass is 9.89. The van der Waals surface area contributed by atoms with Crippen LogP contribution < -0.4 is 10.6 Å². The molecule has 0 aromatic heterocycles. The predicted molar refractivity (Wildman–Crippen MR) is 94.9 cm³/mol. The zero-order chi connectivity index (χ0) is 18.3. The van der Waals surface area contributed by atoms with E-state index < -0.39 is 0 Å². The minimum absolute atomic E-state index is 0.292. The van der Waals surface area contributed by atoms with Crippen LogP contribution in [-0.2, 0) is 16.0 Å². The van der Waals surface area contributed by atoms with E-state index in [1.807, 2.05) is 0 Å². The zero-order valence-electron chi connectivity index (χ0n) is 15.5. The average molecular weight is 319 g/mol. The highest BCUT2D eigenvalue weighted by molar-refractivity contribution is 6.01. The molecule has 5 nitrogen and oxygen atoms in total. The molecule has 0 heterocycles. The molecule has 0 unspecified atom stereocenters. The Kier molecular flexibility index (Phi) is 8.22. The van der Waals surface area contributed by atoms with Gasteiger partial charge in [-0.05, 0) is 74.4 Å². The SMILES string of the molecule is CC(=O)NC(=N)NC(C)=O.CCc1c(C)c(C)c(C)c(C)c1C. The summed E-state index contributed by atoms with van der Waals surface area (Å²) in [5.41, 5.74) is 8.93. The van der Waals surface area contributed by atoms with E-state index in [-0.39, 0.29) is 17.8 Å². The summed E-state index contributed by atoms with van der Waals surface area (Å²) in [7, 11) is 0. The number of guanidine groups is 1. The molecule has 0 fully saturated rings. The zero-order valence-corrected chi connectivity index (χ0v) is 15.5. The third-order valence-electron chi connectivity index (χ3n) is 4.11. The summed E-state index contributed by atoms with van der Waals surface area (Å²) in [6, 6.07) is 0. The fourth-order valence-electron chi connectivity index (χ4n) is 2.49. The van der Waals surface area contributed by atoms with Crippen molar-refractivity contribution in [2.24, 2.45) is 0 Å². The van der Waals surface area contributed by atoms with Gasteiger partial charge in [-0.25, -0.2) is 0 Å². The molecule has 0 bridgehead atoms. The van der Waals surface area contributed by atoms with Crippen molar-refractivity contribution in [3.05, 3.63) is 33.4 Å². The lowest BCUT2D eigenvalue weighted by Gasteiger charge is -2.17. The second-order valence-corrected chi connectivity index (χ2v) is 5.69. The van der Waals surface area contributed by atoms with Gasteiger partial charge in [0, 0.05) is 13.8 Å². The Morgan fingerprint density at radius 2 is 1.09 bits per heavy atom. The van der Waals surface area contributed by atoms with Crippen molar-refractivity contribution in [3.63, 3.8) is 0 Å². The van der Waals surface area contributed by atoms with E-state index in [0.29, 0.717) is 0 Å². The Hall–Kier alpha value is -2.17. The van der Waals surface area contributed by atoms with Gasteiger partial charge in [-0.15, -0.1) is 0 Å². The van der Waals surface area contributed by atoms with Gasteiger partial charge in [0.05, 0.1) is 0 Å². The highest BCUT2D eigenvalue weighted by atomic mass is 16.2. The molecule has 0 aliphatic carbocycles. The quantitative estimate of drug-likeness (QED) is 0.549. The Balaban J connectivity index is 0.000000438. The first-order valence-corrected chi connectivity index (χ1v) is 7.72. The molecule has 1 rings (SSSR count). The molecular weight excluding hydrogens is 290 g/mol. The average Bonchev–Trinajstić information content (AvgIpc) is 2.42. The number of hydrogen-bond acceptors (Lipinski definition) is 3. The van der Waals surface area contributed by atoms with Crippen LogP contribution in [0.15, 0.2) is 0 Å². The van der Waals surface area contributed by atoms with Crippen molar-refractivity contribution in [3.8, 4) is 0 Å².